The Hall–Kier alpha value is -3.55. The summed E-state index contributed by atoms with van der Waals surface area (Å²) in [6.07, 6.45) is 2.86. The van der Waals surface area contributed by atoms with E-state index >= 15 is 0 Å². The lowest BCUT2D eigenvalue weighted by Gasteiger charge is -2.19. The van der Waals surface area contributed by atoms with Crippen LogP contribution in [0.25, 0.3) is 10.9 Å². The summed E-state index contributed by atoms with van der Waals surface area (Å²) >= 11 is 0. The molecule has 0 fully saturated rings. The molecule has 0 unspecified atom stereocenters. The summed E-state index contributed by atoms with van der Waals surface area (Å²) in [5.74, 6) is -1.74. The minimum Gasteiger partial charge on any atom is -0.478 e. The SMILES string of the molecule is CCN(CC)C(=O)Cn1ccc2cc(NC(=O)c3cc(C(=O)O)co3)ccc21. The average molecular weight is 383 g/mol. The van der Waals surface area contributed by atoms with Crippen molar-refractivity contribution in [2.24, 2.45) is 0 Å². The molecule has 28 heavy (non-hydrogen) atoms. The molecule has 3 rings (SSSR count). The quantitative estimate of drug-likeness (QED) is 0.652. The predicted molar refractivity (Wildman–Crippen MR) is 103 cm³/mol. The molecule has 0 spiro atoms. The third-order valence-electron chi connectivity index (χ3n) is 4.52. The standard InChI is InChI=1S/C20H21N3O5/c1-3-22(4-2)18(24)11-23-8-7-13-9-15(5-6-16(13)23)21-19(25)17-10-14(12-28-17)20(26)27/h5-10,12H,3-4,11H2,1-2H3,(H,21,25)(H,26,27). The number of carbonyl (C=O) groups excluding carboxylic acids is 2. The molecule has 146 valence electrons. The summed E-state index contributed by atoms with van der Waals surface area (Å²) in [5.41, 5.74) is 1.33. The van der Waals surface area contributed by atoms with Gasteiger partial charge in [-0.2, -0.15) is 0 Å². The number of furan rings is 1. The molecule has 0 aliphatic heterocycles. The fourth-order valence-electron chi connectivity index (χ4n) is 3.00. The van der Waals surface area contributed by atoms with E-state index in [-0.39, 0.29) is 23.8 Å². The smallest absolute Gasteiger partial charge is 0.338 e. The van der Waals surface area contributed by atoms with Crippen LogP contribution in [0.2, 0.25) is 0 Å². The first kappa shape index (κ1) is 19.2. The van der Waals surface area contributed by atoms with Gasteiger partial charge >= 0.3 is 5.97 Å². The Labute approximate surface area is 161 Å². The fraction of sp³-hybridized carbons (Fsp3) is 0.250. The van der Waals surface area contributed by atoms with Crippen molar-refractivity contribution in [3.63, 3.8) is 0 Å². The topological polar surface area (TPSA) is 105 Å². The van der Waals surface area contributed by atoms with E-state index in [1.807, 2.05) is 36.7 Å². The number of aromatic nitrogens is 1. The molecule has 0 aliphatic carbocycles. The van der Waals surface area contributed by atoms with Gasteiger partial charge < -0.3 is 24.3 Å². The molecular formula is C20H21N3O5. The largest absolute Gasteiger partial charge is 0.478 e. The zero-order valence-corrected chi connectivity index (χ0v) is 15.6. The number of hydrogen-bond donors (Lipinski definition) is 2. The number of carboxylic acids is 1. The lowest BCUT2D eigenvalue weighted by Crippen LogP contribution is -2.33. The molecule has 8 nitrogen and oxygen atoms in total. The van der Waals surface area contributed by atoms with Crippen molar-refractivity contribution in [2.75, 3.05) is 18.4 Å². The first-order valence-electron chi connectivity index (χ1n) is 8.92. The number of rotatable bonds is 7. The van der Waals surface area contributed by atoms with Crippen molar-refractivity contribution in [2.45, 2.75) is 20.4 Å². The highest BCUT2D eigenvalue weighted by Gasteiger charge is 2.16. The van der Waals surface area contributed by atoms with Gasteiger partial charge in [0.2, 0.25) is 5.91 Å². The second-order valence-electron chi connectivity index (χ2n) is 6.24. The van der Waals surface area contributed by atoms with Gasteiger partial charge in [0, 0.05) is 41.9 Å². The fourth-order valence-corrected chi connectivity index (χ4v) is 3.00. The van der Waals surface area contributed by atoms with E-state index in [0.717, 1.165) is 17.2 Å². The highest BCUT2D eigenvalue weighted by Crippen LogP contribution is 2.21. The molecule has 2 heterocycles. The molecule has 2 amide bonds. The molecule has 3 aromatic rings. The van der Waals surface area contributed by atoms with Crippen LogP contribution in [-0.2, 0) is 11.3 Å². The van der Waals surface area contributed by atoms with Gasteiger partial charge in [-0.1, -0.05) is 0 Å². The van der Waals surface area contributed by atoms with Crippen LogP contribution in [0.5, 0.6) is 0 Å². The maximum absolute atomic E-state index is 12.3. The van der Waals surface area contributed by atoms with E-state index < -0.39 is 11.9 Å². The number of hydrogen-bond acceptors (Lipinski definition) is 4. The van der Waals surface area contributed by atoms with Gasteiger partial charge in [0.25, 0.3) is 5.91 Å². The zero-order chi connectivity index (χ0) is 20.3. The molecule has 2 aromatic heterocycles. The molecule has 0 bridgehead atoms. The molecule has 0 aliphatic rings. The molecule has 0 radical (unpaired) electrons. The second kappa shape index (κ2) is 7.99. The average Bonchev–Trinajstić information content (AvgIpc) is 3.30. The normalized spacial score (nSPS) is 10.8. The van der Waals surface area contributed by atoms with Gasteiger partial charge in [-0.3, -0.25) is 9.59 Å². The molecule has 1 aromatic carbocycles. The molecule has 8 heteroatoms. The van der Waals surface area contributed by atoms with Crippen molar-refractivity contribution in [3.8, 4) is 0 Å². The lowest BCUT2D eigenvalue weighted by atomic mass is 10.2. The molecule has 0 atom stereocenters. The number of aromatic carboxylic acids is 1. The highest BCUT2D eigenvalue weighted by atomic mass is 16.4. The monoisotopic (exact) mass is 383 g/mol. The maximum atomic E-state index is 12.3. The second-order valence-corrected chi connectivity index (χ2v) is 6.24. The Morgan fingerprint density at radius 2 is 1.89 bits per heavy atom. The van der Waals surface area contributed by atoms with E-state index in [1.165, 1.54) is 6.07 Å². The van der Waals surface area contributed by atoms with E-state index in [0.29, 0.717) is 18.8 Å². The molecule has 2 N–H and O–H groups in total. The van der Waals surface area contributed by atoms with Gasteiger partial charge in [-0.25, -0.2) is 4.79 Å². The van der Waals surface area contributed by atoms with Crippen molar-refractivity contribution in [3.05, 3.63) is 54.1 Å². The van der Waals surface area contributed by atoms with E-state index in [1.54, 1.807) is 17.0 Å². The Morgan fingerprint density at radius 3 is 2.54 bits per heavy atom. The van der Waals surface area contributed by atoms with Crippen LogP contribution in [0.3, 0.4) is 0 Å². The number of nitrogens with one attached hydrogen (secondary N) is 1. The number of carbonyl (C=O) groups is 3. The Balaban J connectivity index is 1.75. The van der Waals surface area contributed by atoms with Gasteiger partial charge in [0.15, 0.2) is 5.76 Å². The summed E-state index contributed by atoms with van der Waals surface area (Å²) in [6, 6.07) is 8.37. The first-order valence-corrected chi connectivity index (χ1v) is 8.92. The molecule has 0 saturated heterocycles. The van der Waals surface area contributed by atoms with Gasteiger partial charge in [0.05, 0.1) is 5.56 Å². The maximum Gasteiger partial charge on any atom is 0.338 e. The predicted octanol–water partition coefficient (Wildman–Crippen LogP) is 3.05. The summed E-state index contributed by atoms with van der Waals surface area (Å²) in [4.78, 5) is 37.2. The number of carboxylic acid groups (broad SMARTS) is 1. The van der Waals surface area contributed by atoms with Crippen LogP contribution in [0, 0.1) is 0 Å². The number of likely N-dealkylation sites (N-methyl/N-ethyl adjacent to an activating group) is 1. The van der Waals surface area contributed by atoms with E-state index in [2.05, 4.69) is 5.32 Å². The van der Waals surface area contributed by atoms with Crippen molar-refractivity contribution >= 4 is 34.4 Å². The van der Waals surface area contributed by atoms with Gasteiger partial charge in [-0.05, 0) is 38.1 Å². The minimum absolute atomic E-state index is 0.0481. The van der Waals surface area contributed by atoms with Crippen molar-refractivity contribution in [1.29, 1.82) is 0 Å². The van der Waals surface area contributed by atoms with Crippen LogP contribution < -0.4 is 5.32 Å². The third-order valence-corrected chi connectivity index (χ3v) is 4.52. The van der Waals surface area contributed by atoms with Gasteiger partial charge in [-0.15, -0.1) is 0 Å². The van der Waals surface area contributed by atoms with Crippen molar-refractivity contribution in [1.82, 2.24) is 9.47 Å². The van der Waals surface area contributed by atoms with E-state index in [9.17, 15) is 14.4 Å². The number of nitrogens with zero attached hydrogens (tertiary/aromatic N) is 2. The first-order chi connectivity index (χ1) is 13.4. The van der Waals surface area contributed by atoms with Crippen LogP contribution in [0.1, 0.15) is 34.8 Å². The van der Waals surface area contributed by atoms with Crippen LogP contribution >= 0.6 is 0 Å². The number of benzene rings is 1. The van der Waals surface area contributed by atoms with Crippen LogP contribution in [0.4, 0.5) is 5.69 Å². The van der Waals surface area contributed by atoms with Crippen LogP contribution in [-0.4, -0.2) is 45.4 Å². The Morgan fingerprint density at radius 1 is 1.14 bits per heavy atom. The molecular weight excluding hydrogens is 362 g/mol. The highest BCUT2D eigenvalue weighted by molar-refractivity contribution is 6.04. The zero-order valence-electron chi connectivity index (χ0n) is 15.6. The molecule has 0 saturated carbocycles. The number of anilines is 1. The number of amides is 2. The van der Waals surface area contributed by atoms with Crippen LogP contribution in [0.15, 0.2) is 47.2 Å². The summed E-state index contributed by atoms with van der Waals surface area (Å²) in [7, 11) is 0. The Kier molecular flexibility index (Phi) is 5.49. The van der Waals surface area contributed by atoms with E-state index in [4.69, 9.17) is 9.52 Å². The minimum atomic E-state index is -1.16. The van der Waals surface area contributed by atoms with Crippen molar-refractivity contribution < 1.29 is 23.9 Å². The lowest BCUT2D eigenvalue weighted by molar-refractivity contribution is -0.131. The number of fused-ring (bicyclic) bond motifs is 1. The summed E-state index contributed by atoms with van der Waals surface area (Å²) in [5, 5.41) is 12.4. The van der Waals surface area contributed by atoms with Gasteiger partial charge in [0.1, 0.15) is 12.8 Å². The summed E-state index contributed by atoms with van der Waals surface area (Å²) < 4.78 is 6.87. The Bertz CT molecular complexity index is 1030. The third kappa shape index (κ3) is 3.90. The summed E-state index contributed by atoms with van der Waals surface area (Å²) in [6.45, 7) is 5.48.